The first-order valence-corrected chi connectivity index (χ1v) is 4.29. The van der Waals surface area contributed by atoms with Gasteiger partial charge in [0.2, 0.25) is 0 Å². The molecule has 0 fully saturated rings. The van der Waals surface area contributed by atoms with Gasteiger partial charge >= 0.3 is 0 Å². The lowest BCUT2D eigenvalue weighted by atomic mass is 9.96. The van der Waals surface area contributed by atoms with Gasteiger partial charge in [0.15, 0.2) is 0 Å². The van der Waals surface area contributed by atoms with E-state index in [4.69, 9.17) is 0 Å². The second-order valence-corrected chi connectivity index (χ2v) is 3.28. The van der Waals surface area contributed by atoms with Crippen LogP contribution in [-0.2, 0) is 17.8 Å². The van der Waals surface area contributed by atoms with Gasteiger partial charge in [0, 0.05) is 6.54 Å². The number of aromatic hydroxyl groups is 1. The van der Waals surface area contributed by atoms with Crippen molar-refractivity contribution >= 4 is 6.29 Å². The molecule has 2 rings (SSSR count). The van der Waals surface area contributed by atoms with Crippen LogP contribution in [0.15, 0.2) is 18.2 Å². The van der Waals surface area contributed by atoms with E-state index in [9.17, 15) is 9.90 Å². The van der Waals surface area contributed by atoms with Crippen LogP contribution in [0.1, 0.15) is 11.1 Å². The van der Waals surface area contributed by atoms with Crippen LogP contribution in [0.3, 0.4) is 0 Å². The molecular formula is C10H11NO2. The fourth-order valence-corrected chi connectivity index (χ4v) is 1.62. The van der Waals surface area contributed by atoms with Crippen molar-refractivity contribution in [1.82, 2.24) is 5.32 Å². The summed E-state index contributed by atoms with van der Waals surface area (Å²) >= 11 is 0. The number of carbonyl (C=O) groups excluding carboxylic acids is 1. The van der Waals surface area contributed by atoms with E-state index in [1.165, 1.54) is 0 Å². The zero-order valence-electron chi connectivity index (χ0n) is 7.16. The maximum absolute atomic E-state index is 10.5. The summed E-state index contributed by atoms with van der Waals surface area (Å²) in [4.78, 5) is 10.5. The summed E-state index contributed by atoms with van der Waals surface area (Å²) in [6.45, 7) is 0.660. The van der Waals surface area contributed by atoms with Crippen molar-refractivity contribution in [3.8, 4) is 5.75 Å². The molecule has 3 heteroatoms. The van der Waals surface area contributed by atoms with E-state index in [1.807, 2.05) is 6.07 Å². The molecule has 1 aromatic carbocycles. The van der Waals surface area contributed by atoms with Gasteiger partial charge in [-0.3, -0.25) is 0 Å². The number of nitrogens with one attached hydrogen (secondary N) is 1. The highest BCUT2D eigenvalue weighted by Crippen LogP contribution is 2.20. The Morgan fingerprint density at radius 2 is 2.31 bits per heavy atom. The summed E-state index contributed by atoms with van der Waals surface area (Å²) in [6, 6.07) is 5.20. The molecule has 0 amide bonds. The summed E-state index contributed by atoms with van der Waals surface area (Å²) in [5, 5.41) is 12.3. The highest BCUT2D eigenvalue weighted by atomic mass is 16.3. The normalized spacial score (nSPS) is 20.8. The molecule has 0 bridgehead atoms. The van der Waals surface area contributed by atoms with Crippen molar-refractivity contribution in [2.75, 3.05) is 0 Å². The summed E-state index contributed by atoms with van der Waals surface area (Å²) < 4.78 is 0. The van der Waals surface area contributed by atoms with Crippen LogP contribution in [-0.4, -0.2) is 17.4 Å². The lowest BCUT2D eigenvalue weighted by Gasteiger charge is -2.21. The van der Waals surface area contributed by atoms with Gasteiger partial charge in [-0.25, -0.2) is 0 Å². The number of fused-ring (bicyclic) bond motifs is 1. The van der Waals surface area contributed by atoms with E-state index in [1.54, 1.807) is 12.1 Å². The third kappa shape index (κ3) is 1.55. The van der Waals surface area contributed by atoms with Crippen molar-refractivity contribution in [1.29, 1.82) is 0 Å². The van der Waals surface area contributed by atoms with E-state index < -0.39 is 0 Å². The maximum Gasteiger partial charge on any atom is 0.137 e. The van der Waals surface area contributed by atoms with Gasteiger partial charge in [0.25, 0.3) is 0 Å². The van der Waals surface area contributed by atoms with Crippen molar-refractivity contribution in [3.05, 3.63) is 29.3 Å². The van der Waals surface area contributed by atoms with E-state index in [2.05, 4.69) is 5.32 Å². The standard InChI is InChI=1S/C10H11NO2/c12-6-9-3-7-1-2-10(13)4-8(7)5-11-9/h1-2,4,6,9,11,13H,3,5H2. The Hall–Kier alpha value is -1.35. The summed E-state index contributed by atoms with van der Waals surface area (Å²) in [5.41, 5.74) is 2.23. The molecule has 2 N–H and O–H groups in total. The number of hydrogen-bond acceptors (Lipinski definition) is 3. The minimum atomic E-state index is -0.0722. The second kappa shape index (κ2) is 3.18. The molecule has 0 spiro atoms. The minimum absolute atomic E-state index is 0.0722. The number of hydrogen-bond donors (Lipinski definition) is 2. The third-order valence-electron chi connectivity index (χ3n) is 2.35. The lowest BCUT2D eigenvalue weighted by Crippen LogP contribution is -2.36. The zero-order valence-corrected chi connectivity index (χ0v) is 7.16. The Balaban J connectivity index is 2.31. The Morgan fingerprint density at radius 1 is 1.46 bits per heavy atom. The Bertz CT molecular complexity index is 336. The fourth-order valence-electron chi connectivity index (χ4n) is 1.62. The predicted molar refractivity (Wildman–Crippen MR) is 48.5 cm³/mol. The van der Waals surface area contributed by atoms with Crippen LogP contribution in [0.2, 0.25) is 0 Å². The molecule has 0 radical (unpaired) electrons. The first-order valence-electron chi connectivity index (χ1n) is 4.29. The molecule has 1 aromatic rings. The monoisotopic (exact) mass is 177 g/mol. The van der Waals surface area contributed by atoms with Gasteiger partial charge in [-0.05, 0) is 29.7 Å². The van der Waals surface area contributed by atoms with Crippen molar-refractivity contribution in [3.63, 3.8) is 0 Å². The molecule has 1 aliphatic heterocycles. The zero-order chi connectivity index (χ0) is 9.26. The highest BCUT2D eigenvalue weighted by molar-refractivity contribution is 5.59. The Kier molecular flexibility index (Phi) is 2.02. The van der Waals surface area contributed by atoms with E-state index in [-0.39, 0.29) is 11.8 Å². The van der Waals surface area contributed by atoms with E-state index in [0.29, 0.717) is 6.54 Å². The van der Waals surface area contributed by atoms with Crippen LogP contribution in [0, 0.1) is 0 Å². The largest absolute Gasteiger partial charge is 0.508 e. The smallest absolute Gasteiger partial charge is 0.137 e. The molecule has 0 aliphatic carbocycles. The van der Waals surface area contributed by atoms with Gasteiger partial charge in [0.05, 0.1) is 6.04 Å². The molecule has 1 aliphatic rings. The van der Waals surface area contributed by atoms with Gasteiger partial charge in [-0.1, -0.05) is 6.07 Å². The Morgan fingerprint density at radius 3 is 3.08 bits per heavy atom. The molecule has 0 aromatic heterocycles. The lowest BCUT2D eigenvalue weighted by molar-refractivity contribution is -0.109. The fraction of sp³-hybridized carbons (Fsp3) is 0.300. The molecule has 0 saturated heterocycles. The molecule has 1 heterocycles. The molecule has 13 heavy (non-hydrogen) atoms. The van der Waals surface area contributed by atoms with Crippen LogP contribution in [0.4, 0.5) is 0 Å². The number of benzene rings is 1. The topological polar surface area (TPSA) is 49.3 Å². The molecular weight excluding hydrogens is 166 g/mol. The molecule has 3 nitrogen and oxygen atoms in total. The maximum atomic E-state index is 10.5. The molecule has 68 valence electrons. The number of rotatable bonds is 1. The van der Waals surface area contributed by atoms with Crippen LogP contribution >= 0.6 is 0 Å². The number of phenolic OH excluding ortho intramolecular Hbond substituents is 1. The minimum Gasteiger partial charge on any atom is -0.508 e. The van der Waals surface area contributed by atoms with Crippen LogP contribution in [0.5, 0.6) is 5.75 Å². The van der Waals surface area contributed by atoms with E-state index >= 15 is 0 Å². The van der Waals surface area contributed by atoms with Gasteiger partial charge in [0.1, 0.15) is 12.0 Å². The summed E-state index contributed by atoms with van der Waals surface area (Å²) in [6.07, 6.45) is 1.65. The molecule has 1 unspecified atom stereocenters. The number of aldehydes is 1. The van der Waals surface area contributed by atoms with Crippen LogP contribution < -0.4 is 5.32 Å². The van der Waals surface area contributed by atoms with Gasteiger partial charge < -0.3 is 15.2 Å². The predicted octanol–water partition coefficient (Wildman–Crippen LogP) is 0.605. The average Bonchev–Trinajstić information content (AvgIpc) is 2.17. The number of carbonyl (C=O) groups is 1. The molecule has 0 saturated carbocycles. The highest BCUT2D eigenvalue weighted by Gasteiger charge is 2.16. The summed E-state index contributed by atoms with van der Waals surface area (Å²) in [7, 11) is 0. The first-order chi connectivity index (χ1) is 6.29. The molecule has 1 atom stereocenters. The SMILES string of the molecule is O=CC1Cc2ccc(O)cc2CN1. The van der Waals surface area contributed by atoms with Crippen LogP contribution in [0.25, 0.3) is 0 Å². The van der Waals surface area contributed by atoms with Gasteiger partial charge in [-0.2, -0.15) is 0 Å². The van der Waals surface area contributed by atoms with E-state index in [0.717, 1.165) is 23.8 Å². The quantitative estimate of drug-likeness (QED) is 0.618. The summed E-state index contributed by atoms with van der Waals surface area (Å²) in [5.74, 6) is 0.283. The average molecular weight is 177 g/mol. The van der Waals surface area contributed by atoms with Crippen molar-refractivity contribution in [2.24, 2.45) is 0 Å². The van der Waals surface area contributed by atoms with Crippen molar-refractivity contribution < 1.29 is 9.90 Å². The second-order valence-electron chi connectivity index (χ2n) is 3.28. The van der Waals surface area contributed by atoms with Crippen molar-refractivity contribution in [2.45, 2.75) is 19.0 Å². The van der Waals surface area contributed by atoms with Gasteiger partial charge in [-0.15, -0.1) is 0 Å². The third-order valence-corrected chi connectivity index (χ3v) is 2.35. The Labute approximate surface area is 76.4 Å². The number of phenols is 1. The first kappa shape index (κ1) is 8.26.